The van der Waals surface area contributed by atoms with Crippen molar-refractivity contribution in [2.45, 2.75) is 19.3 Å². The van der Waals surface area contributed by atoms with E-state index in [2.05, 4.69) is 10.2 Å². The molecule has 3 rings (SSSR count). The molecular formula is C17H30N4O3. The van der Waals surface area contributed by atoms with Gasteiger partial charge in [0.25, 0.3) is 0 Å². The maximum atomic E-state index is 12.6. The highest BCUT2D eigenvalue weighted by molar-refractivity contribution is 5.79. The third kappa shape index (κ3) is 4.68. The Kier molecular flexibility index (Phi) is 6.45. The van der Waals surface area contributed by atoms with Crippen molar-refractivity contribution in [3.05, 3.63) is 0 Å². The number of likely N-dealkylation sites (tertiary alicyclic amines) is 1. The van der Waals surface area contributed by atoms with Crippen LogP contribution in [0.25, 0.3) is 0 Å². The molecule has 1 atom stereocenters. The number of carbonyl (C=O) groups is 2. The van der Waals surface area contributed by atoms with Crippen molar-refractivity contribution in [3.8, 4) is 0 Å². The molecule has 3 saturated heterocycles. The maximum absolute atomic E-state index is 12.6. The van der Waals surface area contributed by atoms with Crippen molar-refractivity contribution < 1.29 is 14.3 Å². The van der Waals surface area contributed by atoms with Crippen LogP contribution in [0.2, 0.25) is 0 Å². The van der Waals surface area contributed by atoms with E-state index in [0.29, 0.717) is 19.6 Å². The summed E-state index contributed by atoms with van der Waals surface area (Å²) >= 11 is 0. The topological polar surface area (TPSA) is 65.1 Å². The lowest BCUT2D eigenvalue weighted by molar-refractivity contribution is -0.141. The molecule has 0 aromatic carbocycles. The Morgan fingerprint density at radius 2 is 1.75 bits per heavy atom. The number of hydrogen-bond acceptors (Lipinski definition) is 5. The SMILES string of the molecule is O=C(CCN1CCCC(C(=O)N2CCOCC2)C1)N1CCNCC1. The standard InChI is InChI=1S/C17H30N4O3/c22-16(20-8-4-18-5-9-20)3-7-19-6-1-2-15(14-19)17(23)21-10-12-24-13-11-21/h15,18H,1-14H2. The van der Waals surface area contributed by atoms with Gasteiger partial charge in [0.1, 0.15) is 0 Å². The van der Waals surface area contributed by atoms with Gasteiger partial charge >= 0.3 is 0 Å². The summed E-state index contributed by atoms with van der Waals surface area (Å²) in [6.07, 6.45) is 2.58. The number of nitrogens with one attached hydrogen (secondary N) is 1. The molecule has 2 amide bonds. The molecule has 3 heterocycles. The minimum Gasteiger partial charge on any atom is -0.378 e. The van der Waals surface area contributed by atoms with Gasteiger partial charge in [-0.15, -0.1) is 0 Å². The lowest BCUT2D eigenvalue weighted by Crippen LogP contribution is -2.49. The summed E-state index contributed by atoms with van der Waals surface area (Å²) in [6.45, 7) is 8.74. The highest BCUT2D eigenvalue weighted by Crippen LogP contribution is 2.20. The lowest BCUT2D eigenvalue weighted by Gasteiger charge is -2.36. The van der Waals surface area contributed by atoms with Gasteiger partial charge in [0, 0.05) is 58.8 Å². The van der Waals surface area contributed by atoms with E-state index in [9.17, 15) is 9.59 Å². The van der Waals surface area contributed by atoms with Gasteiger partial charge in [-0.25, -0.2) is 0 Å². The number of rotatable bonds is 4. The molecule has 3 fully saturated rings. The molecule has 1 unspecified atom stereocenters. The van der Waals surface area contributed by atoms with E-state index in [0.717, 1.165) is 71.7 Å². The molecule has 0 aromatic heterocycles. The van der Waals surface area contributed by atoms with Gasteiger partial charge in [-0.3, -0.25) is 9.59 Å². The first-order valence-electron chi connectivity index (χ1n) is 9.31. The molecule has 0 radical (unpaired) electrons. The first-order valence-corrected chi connectivity index (χ1v) is 9.31. The van der Waals surface area contributed by atoms with E-state index in [-0.39, 0.29) is 17.7 Å². The van der Waals surface area contributed by atoms with Gasteiger partial charge in [0.2, 0.25) is 11.8 Å². The number of amides is 2. The van der Waals surface area contributed by atoms with E-state index in [1.807, 2.05) is 9.80 Å². The predicted octanol–water partition coefficient (Wildman–Crippen LogP) is -0.621. The number of ether oxygens (including phenoxy) is 1. The zero-order valence-electron chi connectivity index (χ0n) is 14.5. The molecule has 0 bridgehead atoms. The molecule has 7 nitrogen and oxygen atoms in total. The van der Waals surface area contributed by atoms with Crippen LogP contribution in [-0.2, 0) is 14.3 Å². The van der Waals surface area contributed by atoms with Crippen LogP contribution in [0.1, 0.15) is 19.3 Å². The number of hydrogen-bond donors (Lipinski definition) is 1. The zero-order valence-corrected chi connectivity index (χ0v) is 14.5. The number of nitrogens with zero attached hydrogens (tertiary/aromatic N) is 3. The fraction of sp³-hybridized carbons (Fsp3) is 0.882. The summed E-state index contributed by atoms with van der Waals surface area (Å²) in [4.78, 5) is 31.1. The highest BCUT2D eigenvalue weighted by Gasteiger charge is 2.30. The summed E-state index contributed by atoms with van der Waals surface area (Å²) in [5, 5.41) is 3.27. The normalized spacial score (nSPS) is 26.4. The van der Waals surface area contributed by atoms with Crippen molar-refractivity contribution >= 4 is 11.8 Å². The first kappa shape index (κ1) is 17.6. The fourth-order valence-electron chi connectivity index (χ4n) is 3.83. The summed E-state index contributed by atoms with van der Waals surface area (Å²) in [6, 6.07) is 0. The van der Waals surface area contributed by atoms with Gasteiger partial charge in [0.15, 0.2) is 0 Å². The Bertz CT molecular complexity index is 434. The molecule has 0 aliphatic carbocycles. The summed E-state index contributed by atoms with van der Waals surface area (Å²) in [7, 11) is 0. The smallest absolute Gasteiger partial charge is 0.227 e. The summed E-state index contributed by atoms with van der Waals surface area (Å²) in [5.41, 5.74) is 0. The Labute approximate surface area is 144 Å². The highest BCUT2D eigenvalue weighted by atomic mass is 16.5. The molecular weight excluding hydrogens is 308 g/mol. The quantitative estimate of drug-likeness (QED) is 0.740. The van der Waals surface area contributed by atoms with E-state index < -0.39 is 0 Å². The lowest BCUT2D eigenvalue weighted by atomic mass is 9.96. The molecule has 1 N–H and O–H groups in total. The van der Waals surface area contributed by atoms with Crippen molar-refractivity contribution in [3.63, 3.8) is 0 Å². The second kappa shape index (κ2) is 8.78. The number of carbonyl (C=O) groups excluding carboxylic acids is 2. The molecule has 136 valence electrons. The van der Waals surface area contributed by atoms with Crippen molar-refractivity contribution in [2.24, 2.45) is 5.92 Å². The third-order valence-electron chi connectivity index (χ3n) is 5.29. The molecule has 24 heavy (non-hydrogen) atoms. The fourth-order valence-corrected chi connectivity index (χ4v) is 3.83. The maximum Gasteiger partial charge on any atom is 0.227 e. The minimum absolute atomic E-state index is 0.0890. The Morgan fingerprint density at radius 1 is 1.00 bits per heavy atom. The molecule has 0 saturated carbocycles. The summed E-state index contributed by atoms with van der Waals surface area (Å²) < 4.78 is 5.33. The molecule has 0 spiro atoms. The molecule has 7 heteroatoms. The van der Waals surface area contributed by atoms with Crippen LogP contribution in [0, 0.1) is 5.92 Å². The van der Waals surface area contributed by atoms with Crippen LogP contribution in [0.3, 0.4) is 0 Å². The van der Waals surface area contributed by atoms with E-state index in [1.165, 1.54) is 0 Å². The van der Waals surface area contributed by atoms with Crippen LogP contribution in [0.4, 0.5) is 0 Å². The van der Waals surface area contributed by atoms with Crippen molar-refractivity contribution in [2.75, 3.05) is 72.1 Å². The number of morpholine rings is 1. The van der Waals surface area contributed by atoms with E-state index in [1.54, 1.807) is 0 Å². The van der Waals surface area contributed by atoms with Crippen LogP contribution >= 0.6 is 0 Å². The minimum atomic E-state index is 0.0890. The Morgan fingerprint density at radius 3 is 2.50 bits per heavy atom. The second-order valence-electron chi connectivity index (χ2n) is 6.96. The van der Waals surface area contributed by atoms with Gasteiger partial charge < -0.3 is 24.8 Å². The number of piperazine rings is 1. The monoisotopic (exact) mass is 338 g/mol. The van der Waals surface area contributed by atoms with Gasteiger partial charge in [-0.1, -0.05) is 0 Å². The van der Waals surface area contributed by atoms with Crippen LogP contribution < -0.4 is 5.32 Å². The largest absolute Gasteiger partial charge is 0.378 e. The van der Waals surface area contributed by atoms with Crippen LogP contribution in [0.15, 0.2) is 0 Å². The van der Waals surface area contributed by atoms with Crippen LogP contribution in [-0.4, -0.2) is 98.6 Å². The molecule has 3 aliphatic heterocycles. The first-order chi connectivity index (χ1) is 11.7. The van der Waals surface area contributed by atoms with Gasteiger partial charge in [-0.2, -0.15) is 0 Å². The molecule has 3 aliphatic rings. The van der Waals surface area contributed by atoms with Gasteiger partial charge in [0.05, 0.1) is 19.1 Å². The third-order valence-corrected chi connectivity index (χ3v) is 5.29. The van der Waals surface area contributed by atoms with Gasteiger partial charge in [-0.05, 0) is 19.4 Å². The van der Waals surface area contributed by atoms with Crippen LogP contribution in [0.5, 0.6) is 0 Å². The van der Waals surface area contributed by atoms with E-state index >= 15 is 0 Å². The summed E-state index contributed by atoms with van der Waals surface area (Å²) in [5.74, 6) is 0.612. The average molecular weight is 338 g/mol. The Hall–Kier alpha value is -1.18. The second-order valence-corrected chi connectivity index (χ2v) is 6.96. The Balaban J connectivity index is 1.43. The zero-order chi connectivity index (χ0) is 16.8. The average Bonchev–Trinajstić information content (AvgIpc) is 2.67. The molecule has 0 aromatic rings. The number of piperidine rings is 1. The van der Waals surface area contributed by atoms with E-state index in [4.69, 9.17) is 4.74 Å². The predicted molar refractivity (Wildman–Crippen MR) is 90.6 cm³/mol. The van der Waals surface area contributed by atoms with Crippen molar-refractivity contribution in [1.82, 2.24) is 20.0 Å². The van der Waals surface area contributed by atoms with Crippen molar-refractivity contribution in [1.29, 1.82) is 0 Å².